The molecule has 1 saturated heterocycles. The molecule has 0 spiro atoms. The van der Waals surface area contributed by atoms with Crippen molar-refractivity contribution in [1.29, 1.82) is 0 Å². The topological polar surface area (TPSA) is 58.4 Å². The summed E-state index contributed by atoms with van der Waals surface area (Å²) < 4.78 is 1.63. The molecule has 5 heteroatoms. The number of hydrogen-bond acceptors (Lipinski definition) is 3. The lowest BCUT2D eigenvalue weighted by Crippen LogP contribution is -2.34. The van der Waals surface area contributed by atoms with E-state index < -0.39 is 5.60 Å². The average Bonchev–Trinajstić information content (AvgIpc) is 2.50. The van der Waals surface area contributed by atoms with Crippen molar-refractivity contribution in [3.63, 3.8) is 0 Å². The summed E-state index contributed by atoms with van der Waals surface area (Å²) in [5.74, 6) is 0.0100. The van der Waals surface area contributed by atoms with Crippen LogP contribution in [0, 0.1) is 6.92 Å². The van der Waals surface area contributed by atoms with Crippen LogP contribution >= 0.6 is 0 Å². The van der Waals surface area contributed by atoms with Crippen molar-refractivity contribution in [1.82, 2.24) is 14.7 Å². The molecule has 1 atom stereocenters. The van der Waals surface area contributed by atoms with Crippen molar-refractivity contribution >= 4 is 5.91 Å². The normalized spacial score (nSPS) is 25.0. The van der Waals surface area contributed by atoms with E-state index >= 15 is 0 Å². The number of carbonyl (C=O) groups is 1. The van der Waals surface area contributed by atoms with Gasteiger partial charge in [-0.05, 0) is 39.2 Å². The maximum absolute atomic E-state index is 12.4. The Morgan fingerprint density at radius 3 is 2.78 bits per heavy atom. The highest BCUT2D eigenvalue weighted by Gasteiger charge is 2.28. The van der Waals surface area contributed by atoms with Crippen LogP contribution in [0.3, 0.4) is 0 Å². The van der Waals surface area contributed by atoms with Gasteiger partial charge in [-0.3, -0.25) is 9.48 Å². The summed E-state index contributed by atoms with van der Waals surface area (Å²) in [6, 6.07) is 1.81. The van der Waals surface area contributed by atoms with Crippen molar-refractivity contribution in [3.8, 4) is 0 Å². The third kappa shape index (κ3) is 2.72. The van der Waals surface area contributed by atoms with E-state index in [1.165, 1.54) is 0 Å². The first-order valence-corrected chi connectivity index (χ1v) is 6.41. The van der Waals surface area contributed by atoms with Gasteiger partial charge in [-0.2, -0.15) is 5.10 Å². The number of likely N-dealkylation sites (tertiary alicyclic amines) is 1. The highest BCUT2D eigenvalue weighted by molar-refractivity contribution is 5.92. The molecular weight excluding hydrogens is 230 g/mol. The molecule has 0 saturated carbocycles. The number of carbonyl (C=O) groups excluding carboxylic acids is 1. The van der Waals surface area contributed by atoms with Crippen molar-refractivity contribution < 1.29 is 9.90 Å². The first-order valence-electron chi connectivity index (χ1n) is 6.41. The van der Waals surface area contributed by atoms with Gasteiger partial charge in [-0.1, -0.05) is 0 Å². The molecule has 2 rings (SSSR count). The number of amides is 1. The van der Waals surface area contributed by atoms with Crippen LogP contribution in [-0.2, 0) is 7.05 Å². The lowest BCUT2D eigenvalue weighted by molar-refractivity contribution is 0.0437. The zero-order valence-electron chi connectivity index (χ0n) is 11.3. The summed E-state index contributed by atoms with van der Waals surface area (Å²) in [7, 11) is 1.79. The molecule has 1 fully saturated rings. The Kier molecular flexibility index (Phi) is 3.43. The smallest absolute Gasteiger partial charge is 0.272 e. The molecule has 18 heavy (non-hydrogen) atoms. The van der Waals surface area contributed by atoms with Gasteiger partial charge in [0.2, 0.25) is 0 Å². The van der Waals surface area contributed by atoms with Crippen LogP contribution in [-0.4, -0.2) is 44.4 Å². The van der Waals surface area contributed by atoms with Crippen LogP contribution in [0.15, 0.2) is 6.07 Å². The standard InChI is InChI=1S/C13H21N3O2/c1-10-9-11(15(3)14-10)12(17)16-7-4-5-13(2,18)6-8-16/h9,18H,4-8H2,1-3H3. The van der Waals surface area contributed by atoms with Crippen molar-refractivity contribution in [2.75, 3.05) is 13.1 Å². The van der Waals surface area contributed by atoms with Gasteiger partial charge in [-0.25, -0.2) is 0 Å². The Bertz CT molecular complexity index is 451. The number of nitrogens with zero attached hydrogens (tertiary/aromatic N) is 3. The molecule has 1 aliphatic rings. The minimum absolute atomic E-state index is 0.0100. The zero-order valence-corrected chi connectivity index (χ0v) is 11.3. The second-order valence-corrected chi connectivity index (χ2v) is 5.44. The summed E-state index contributed by atoms with van der Waals surface area (Å²) in [5.41, 5.74) is 0.828. The summed E-state index contributed by atoms with van der Waals surface area (Å²) >= 11 is 0. The summed E-state index contributed by atoms with van der Waals surface area (Å²) in [5, 5.41) is 14.2. The highest BCUT2D eigenvalue weighted by Crippen LogP contribution is 2.22. The second-order valence-electron chi connectivity index (χ2n) is 5.44. The maximum atomic E-state index is 12.4. The molecule has 100 valence electrons. The van der Waals surface area contributed by atoms with Gasteiger partial charge in [0.05, 0.1) is 11.3 Å². The Hall–Kier alpha value is -1.36. The van der Waals surface area contributed by atoms with E-state index in [9.17, 15) is 9.90 Å². The predicted molar refractivity (Wildman–Crippen MR) is 68.3 cm³/mol. The fourth-order valence-electron chi connectivity index (χ4n) is 2.44. The molecule has 5 nitrogen and oxygen atoms in total. The average molecular weight is 251 g/mol. The molecule has 1 N–H and O–H groups in total. The first-order chi connectivity index (χ1) is 8.39. The van der Waals surface area contributed by atoms with Crippen LogP contribution in [0.25, 0.3) is 0 Å². The predicted octanol–water partition coefficient (Wildman–Crippen LogP) is 1.11. The lowest BCUT2D eigenvalue weighted by Gasteiger charge is -2.22. The summed E-state index contributed by atoms with van der Waals surface area (Å²) in [4.78, 5) is 14.2. The van der Waals surface area contributed by atoms with Gasteiger partial charge in [0.25, 0.3) is 5.91 Å². The van der Waals surface area contributed by atoms with E-state index in [-0.39, 0.29) is 5.91 Å². The van der Waals surface area contributed by atoms with E-state index in [0.717, 1.165) is 18.5 Å². The molecule has 0 bridgehead atoms. The molecule has 0 radical (unpaired) electrons. The molecule has 0 aliphatic carbocycles. The molecule has 1 aliphatic heterocycles. The number of rotatable bonds is 1. The third-order valence-electron chi connectivity index (χ3n) is 3.57. The quantitative estimate of drug-likeness (QED) is 0.813. The maximum Gasteiger partial charge on any atom is 0.272 e. The molecule has 0 aromatic carbocycles. The summed E-state index contributed by atoms with van der Waals surface area (Å²) in [6.45, 7) is 5.04. The monoisotopic (exact) mass is 251 g/mol. The van der Waals surface area contributed by atoms with Crippen LogP contribution < -0.4 is 0 Å². The SMILES string of the molecule is Cc1cc(C(=O)N2CCCC(C)(O)CC2)n(C)n1. The van der Waals surface area contributed by atoms with E-state index in [1.54, 1.807) is 11.7 Å². The molecule has 2 heterocycles. The second kappa shape index (κ2) is 4.72. The highest BCUT2D eigenvalue weighted by atomic mass is 16.3. The van der Waals surface area contributed by atoms with Crippen LogP contribution in [0.4, 0.5) is 0 Å². The van der Waals surface area contributed by atoms with E-state index in [2.05, 4.69) is 5.10 Å². The Balaban J connectivity index is 2.12. The van der Waals surface area contributed by atoms with Gasteiger partial charge in [0, 0.05) is 20.1 Å². The van der Waals surface area contributed by atoms with Gasteiger partial charge in [0.1, 0.15) is 5.69 Å². The molecule has 1 unspecified atom stereocenters. The molecule has 1 amide bonds. The number of hydrogen-bond donors (Lipinski definition) is 1. The van der Waals surface area contributed by atoms with Gasteiger partial charge in [0.15, 0.2) is 0 Å². The van der Waals surface area contributed by atoms with Crippen LogP contribution in [0.2, 0.25) is 0 Å². The lowest BCUT2D eigenvalue weighted by atomic mass is 9.98. The van der Waals surface area contributed by atoms with Crippen molar-refractivity contribution in [2.45, 2.75) is 38.7 Å². The first kappa shape index (κ1) is 13.1. The molecular formula is C13H21N3O2. The fraction of sp³-hybridized carbons (Fsp3) is 0.692. The van der Waals surface area contributed by atoms with Crippen LogP contribution in [0.5, 0.6) is 0 Å². The molecule has 1 aromatic rings. The van der Waals surface area contributed by atoms with Gasteiger partial charge < -0.3 is 10.0 Å². The Labute approximate surface area is 107 Å². The van der Waals surface area contributed by atoms with Gasteiger partial charge in [-0.15, -0.1) is 0 Å². The van der Waals surface area contributed by atoms with Crippen LogP contribution in [0.1, 0.15) is 42.4 Å². The number of aliphatic hydroxyl groups is 1. The minimum Gasteiger partial charge on any atom is -0.390 e. The third-order valence-corrected chi connectivity index (χ3v) is 3.57. The number of aromatic nitrogens is 2. The zero-order chi connectivity index (χ0) is 13.3. The van der Waals surface area contributed by atoms with Crippen molar-refractivity contribution in [3.05, 3.63) is 17.5 Å². The fourth-order valence-corrected chi connectivity index (χ4v) is 2.44. The van der Waals surface area contributed by atoms with Crippen molar-refractivity contribution in [2.24, 2.45) is 7.05 Å². The summed E-state index contributed by atoms with van der Waals surface area (Å²) in [6.07, 6.45) is 2.23. The van der Waals surface area contributed by atoms with E-state index in [0.29, 0.717) is 25.2 Å². The van der Waals surface area contributed by atoms with E-state index in [1.807, 2.05) is 24.8 Å². The van der Waals surface area contributed by atoms with E-state index in [4.69, 9.17) is 0 Å². The minimum atomic E-state index is -0.641. The largest absolute Gasteiger partial charge is 0.390 e. The Morgan fingerprint density at radius 1 is 1.44 bits per heavy atom. The Morgan fingerprint density at radius 2 is 2.17 bits per heavy atom. The number of aryl methyl sites for hydroxylation is 2. The van der Waals surface area contributed by atoms with Gasteiger partial charge >= 0.3 is 0 Å². The molecule has 1 aromatic heterocycles.